The summed E-state index contributed by atoms with van der Waals surface area (Å²) in [4.78, 5) is 23.3. The van der Waals surface area contributed by atoms with E-state index in [4.69, 9.17) is 16.3 Å². The van der Waals surface area contributed by atoms with Crippen molar-refractivity contribution in [3.8, 4) is 5.75 Å². The minimum atomic E-state index is -0.222. The van der Waals surface area contributed by atoms with Crippen molar-refractivity contribution in [1.29, 1.82) is 0 Å². The quantitative estimate of drug-likeness (QED) is 0.817. The molecule has 0 aliphatic heterocycles. The van der Waals surface area contributed by atoms with Crippen LogP contribution in [-0.2, 0) is 4.79 Å². The Morgan fingerprint density at radius 2 is 2.05 bits per heavy atom. The molecule has 1 aromatic carbocycles. The van der Waals surface area contributed by atoms with Crippen LogP contribution in [0.25, 0.3) is 0 Å². The second kappa shape index (κ2) is 7.14. The van der Waals surface area contributed by atoms with Crippen molar-refractivity contribution in [2.75, 3.05) is 6.61 Å². The number of ketones is 1. The van der Waals surface area contributed by atoms with E-state index >= 15 is 0 Å². The van der Waals surface area contributed by atoms with Gasteiger partial charge in [0.2, 0.25) is 0 Å². The normalized spacial score (nSPS) is 10.4. The fourth-order valence-electron chi connectivity index (χ4n) is 1.54. The van der Waals surface area contributed by atoms with Gasteiger partial charge in [0.25, 0.3) is 5.91 Å². The molecule has 0 aliphatic rings. The van der Waals surface area contributed by atoms with Gasteiger partial charge in [0.1, 0.15) is 5.75 Å². The van der Waals surface area contributed by atoms with E-state index in [1.165, 1.54) is 0 Å². The standard InChI is InChI=1S/C14H18ClNO3/c1-4-12(17)11-7-10(15)5-6-13(11)19-8-14(18)16-9(2)3/h5-7,9H,4,8H2,1-3H3,(H,16,18). The molecule has 1 amide bonds. The maximum absolute atomic E-state index is 11.8. The Balaban J connectivity index is 2.78. The van der Waals surface area contributed by atoms with E-state index in [2.05, 4.69) is 5.32 Å². The number of halogens is 1. The van der Waals surface area contributed by atoms with E-state index in [9.17, 15) is 9.59 Å². The molecule has 1 rings (SSSR count). The molecule has 0 saturated carbocycles. The molecule has 4 nitrogen and oxygen atoms in total. The topological polar surface area (TPSA) is 55.4 Å². The summed E-state index contributed by atoms with van der Waals surface area (Å²) in [6, 6.07) is 4.85. The summed E-state index contributed by atoms with van der Waals surface area (Å²) >= 11 is 5.86. The van der Waals surface area contributed by atoms with Crippen LogP contribution in [0.3, 0.4) is 0 Å². The molecular formula is C14H18ClNO3. The monoisotopic (exact) mass is 283 g/mol. The number of hydrogen-bond acceptors (Lipinski definition) is 3. The number of benzene rings is 1. The Labute approximate surface area is 118 Å². The summed E-state index contributed by atoms with van der Waals surface area (Å²) in [6.45, 7) is 5.38. The lowest BCUT2D eigenvalue weighted by Crippen LogP contribution is -2.34. The van der Waals surface area contributed by atoms with E-state index in [0.717, 1.165) is 0 Å². The number of nitrogens with one attached hydrogen (secondary N) is 1. The fraction of sp³-hybridized carbons (Fsp3) is 0.429. The van der Waals surface area contributed by atoms with Crippen molar-refractivity contribution in [2.24, 2.45) is 0 Å². The maximum atomic E-state index is 11.8. The van der Waals surface area contributed by atoms with Gasteiger partial charge in [0.05, 0.1) is 5.56 Å². The van der Waals surface area contributed by atoms with E-state index in [1.54, 1.807) is 25.1 Å². The molecular weight excluding hydrogens is 266 g/mol. The van der Waals surface area contributed by atoms with Crippen LogP contribution in [0.5, 0.6) is 5.75 Å². The van der Waals surface area contributed by atoms with Crippen molar-refractivity contribution >= 4 is 23.3 Å². The molecule has 0 fully saturated rings. The van der Waals surface area contributed by atoms with Gasteiger partial charge in [-0.3, -0.25) is 9.59 Å². The van der Waals surface area contributed by atoms with Crippen LogP contribution < -0.4 is 10.1 Å². The lowest BCUT2D eigenvalue weighted by Gasteiger charge is -2.12. The van der Waals surface area contributed by atoms with Crippen LogP contribution in [0, 0.1) is 0 Å². The van der Waals surface area contributed by atoms with Gasteiger partial charge in [0.15, 0.2) is 12.4 Å². The molecule has 0 aromatic heterocycles. The lowest BCUT2D eigenvalue weighted by atomic mass is 10.1. The molecule has 0 bridgehead atoms. The average Bonchev–Trinajstić information content (AvgIpc) is 2.35. The number of rotatable bonds is 6. The molecule has 0 aliphatic carbocycles. The second-order valence-electron chi connectivity index (χ2n) is 4.43. The van der Waals surface area contributed by atoms with E-state index in [0.29, 0.717) is 22.8 Å². The Bertz CT molecular complexity index is 472. The third-order valence-electron chi connectivity index (χ3n) is 2.37. The zero-order valence-corrected chi connectivity index (χ0v) is 12.1. The van der Waals surface area contributed by atoms with Crippen LogP contribution in [0.2, 0.25) is 5.02 Å². The number of amides is 1. The predicted molar refractivity (Wildman–Crippen MR) is 74.8 cm³/mol. The van der Waals surface area contributed by atoms with Gasteiger partial charge in [-0.25, -0.2) is 0 Å². The molecule has 104 valence electrons. The number of carbonyl (C=O) groups is 2. The van der Waals surface area contributed by atoms with Crippen LogP contribution in [0.1, 0.15) is 37.6 Å². The van der Waals surface area contributed by atoms with Gasteiger partial charge in [-0.2, -0.15) is 0 Å². The third-order valence-corrected chi connectivity index (χ3v) is 2.61. The summed E-state index contributed by atoms with van der Waals surface area (Å²) in [6.07, 6.45) is 0.356. The van der Waals surface area contributed by atoms with Crippen molar-refractivity contribution < 1.29 is 14.3 Å². The van der Waals surface area contributed by atoms with Crippen LogP contribution in [0.4, 0.5) is 0 Å². The molecule has 1 aromatic rings. The molecule has 19 heavy (non-hydrogen) atoms. The summed E-state index contributed by atoms with van der Waals surface area (Å²) in [5, 5.41) is 3.18. The highest BCUT2D eigenvalue weighted by Crippen LogP contribution is 2.24. The molecule has 0 radical (unpaired) electrons. The maximum Gasteiger partial charge on any atom is 0.258 e. The molecule has 0 heterocycles. The molecule has 0 unspecified atom stereocenters. The van der Waals surface area contributed by atoms with Crippen molar-refractivity contribution in [3.05, 3.63) is 28.8 Å². The first kappa shape index (κ1) is 15.5. The van der Waals surface area contributed by atoms with E-state index < -0.39 is 0 Å². The summed E-state index contributed by atoms with van der Waals surface area (Å²) < 4.78 is 5.39. The molecule has 0 saturated heterocycles. The van der Waals surface area contributed by atoms with Crippen molar-refractivity contribution in [2.45, 2.75) is 33.2 Å². The van der Waals surface area contributed by atoms with Gasteiger partial charge >= 0.3 is 0 Å². The summed E-state index contributed by atoms with van der Waals surface area (Å²) in [7, 11) is 0. The number of ether oxygens (including phenoxy) is 1. The van der Waals surface area contributed by atoms with Gasteiger partial charge in [-0.1, -0.05) is 18.5 Å². The first-order valence-corrected chi connectivity index (χ1v) is 6.56. The van der Waals surface area contributed by atoms with Crippen LogP contribution >= 0.6 is 11.6 Å². The lowest BCUT2D eigenvalue weighted by molar-refractivity contribution is -0.123. The highest BCUT2D eigenvalue weighted by atomic mass is 35.5. The zero-order valence-electron chi connectivity index (χ0n) is 11.3. The Kier molecular flexibility index (Phi) is 5.83. The Morgan fingerprint density at radius 1 is 1.37 bits per heavy atom. The van der Waals surface area contributed by atoms with E-state index in [-0.39, 0.29) is 24.3 Å². The van der Waals surface area contributed by atoms with Crippen molar-refractivity contribution in [3.63, 3.8) is 0 Å². The Morgan fingerprint density at radius 3 is 2.63 bits per heavy atom. The van der Waals surface area contributed by atoms with Crippen LogP contribution in [-0.4, -0.2) is 24.3 Å². The molecule has 0 spiro atoms. The van der Waals surface area contributed by atoms with Crippen molar-refractivity contribution in [1.82, 2.24) is 5.32 Å². The van der Waals surface area contributed by atoms with Gasteiger partial charge in [-0.05, 0) is 32.0 Å². The highest BCUT2D eigenvalue weighted by Gasteiger charge is 2.13. The Hall–Kier alpha value is -1.55. The number of carbonyl (C=O) groups excluding carboxylic acids is 2. The molecule has 5 heteroatoms. The second-order valence-corrected chi connectivity index (χ2v) is 4.86. The minimum Gasteiger partial charge on any atom is -0.483 e. The number of hydrogen-bond donors (Lipinski definition) is 1. The van der Waals surface area contributed by atoms with Gasteiger partial charge in [0, 0.05) is 17.5 Å². The minimum absolute atomic E-state index is 0.0538. The molecule has 1 N–H and O–H groups in total. The number of Topliss-reactive ketones (excluding diaryl/α,β-unsaturated/α-hetero) is 1. The zero-order chi connectivity index (χ0) is 14.4. The third kappa shape index (κ3) is 4.91. The SMILES string of the molecule is CCC(=O)c1cc(Cl)ccc1OCC(=O)NC(C)C. The van der Waals surface area contributed by atoms with Gasteiger partial charge < -0.3 is 10.1 Å². The first-order chi connectivity index (χ1) is 8.93. The summed E-state index contributed by atoms with van der Waals surface area (Å²) in [5.41, 5.74) is 0.410. The average molecular weight is 284 g/mol. The summed E-state index contributed by atoms with van der Waals surface area (Å²) in [5.74, 6) is 0.0942. The fourth-order valence-corrected chi connectivity index (χ4v) is 1.72. The predicted octanol–water partition coefficient (Wildman–Crippen LogP) is 2.84. The largest absolute Gasteiger partial charge is 0.483 e. The first-order valence-electron chi connectivity index (χ1n) is 6.19. The molecule has 0 atom stereocenters. The van der Waals surface area contributed by atoms with E-state index in [1.807, 2.05) is 13.8 Å². The van der Waals surface area contributed by atoms with Gasteiger partial charge in [-0.15, -0.1) is 0 Å². The van der Waals surface area contributed by atoms with Crippen LogP contribution in [0.15, 0.2) is 18.2 Å². The smallest absolute Gasteiger partial charge is 0.258 e. The highest BCUT2D eigenvalue weighted by molar-refractivity contribution is 6.31.